The van der Waals surface area contributed by atoms with Crippen molar-refractivity contribution in [3.8, 4) is 0 Å². The fraction of sp³-hybridized carbons (Fsp3) is 0.550. The number of nitrogens with one attached hydrogen (secondary N) is 1. The van der Waals surface area contributed by atoms with Gasteiger partial charge >= 0.3 is 0 Å². The fourth-order valence-corrected chi connectivity index (χ4v) is 2.99. The molecule has 0 unspecified atom stereocenters. The fourth-order valence-electron chi connectivity index (χ4n) is 2.99. The van der Waals surface area contributed by atoms with Crippen molar-refractivity contribution < 1.29 is 23.2 Å². The summed E-state index contributed by atoms with van der Waals surface area (Å²) in [5, 5.41) is 2.47. The van der Waals surface area contributed by atoms with E-state index in [1.165, 1.54) is 0 Å². The van der Waals surface area contributed by atoms with Crippen molar-refractivity contribution in [3.05, 3.63) is 35.4 Å². The zero-order valence-electron chi connectivity index (χ0n) is 16.3. The third-order valence-corrected chi connectivity index (χ3v) is 4.72. The molecule has 0 aromatic heterocycles. The van der Waals surface area contributed by atoms with Crippen LogP contribution in [0.5, 0.6) is 0 Å². The first-order valence-electron chi connectivity index (χ1n) is 9.56. The van der Waals surface area contributed by atoms with Gasteiger partial charge in [-0.2, -0.15) is 0 Å². The van der Waals surface area contributed by atoms with Gasteiger partial charge in [-0.15, -0.1) is 0 Å². The predicted octanol–water partition coefficient (Wildman–Crippen LogP) is 2.19. The Morgan fingerprint density at radius 3 is 2.11 bits per heavy atom. The van der Waals surface area contributed by atoms with E-state index in [4.69, 9.17) is 0 Å². The zero-order chi connectivity index (χ0) is 20.7. The molecule has 1 aliphatic heterocycles. The molecule has 1 aromatic rings. The molecule has 0 bridgehead atoms. The van der Waals surface area contributed by atoms with Crippen LogP contribution in [0.3, 0.4) is 0 Å². The van der Waals surface area contributed by atoms with Gasteiger partial charge in [-0.05, 0) is 24.5 Å². The SMILES string of the molecule is CC(C)CCC(=O)N1CCN(C(=O)CCNC(=O)c2ccc(F)cc2F)CC1. The molecule has 0 spiro atoms. The predicted molar refractivity (Wildman–Crippen MR) is 101 cm³/mol. The van der Waals surface area contributed by atoms with Gasteiger partial charge in [-0.3, -0.25) is 14.4 Å². The number of piperazine rings is 1. The van der Waals surface area contributed by atoms with E-state index in [0.29, 0.717) is 44.6 Å². The van der Waals surface area contributed by atoms with Crippen molar-refractivity contribution in [1.29, 1.82) is 0 Å². The first-order valence-corrected chi connectivity index (χ1v) is 9.56. The van der Waals surface area contributed by atoms with Crippen molar-refractivity contribution in [3.63, 3.8) is 0 Å². The molecule has 1 N–H and O–H groups in total. The van der Waals surface area contributed by atoms with Crippen molar-refractivity contribution in [1.82, 2.24) is 15.1 Å². The highest BCUT2D eigenvalue weighted by Crippen LogP contribution is 2.11. The number of nitrogens with zero attached hydrogens (tertiary/aromatic N) is 2. The lowest BCUT2D eigenvalue weighted by atomic mass is 10.1. The maximum Gasteiger partial charge on any atom is 0.254 e. The van der Waals surface area contributed by atoms with E-state index in [1.807, 2.05) is 0 Å². The standard InChI is InChI=1S/C20H27F2N3O3/c1-14(2)3-6-18(26)24-9-11-25(12-10-24)19(27)7-8-23-20(28)16-5-4-15(21)13-17(16)22/h4-5,13-14H,3,6-12H2,1-2H3,(H,23,28). The minimum atomic E-state index is -0.943. The number of rotatable bonds is 7. The molecular formula is C20H27F2N3O3. The molecule has 2 rings (SSSR count). The summed E-state index contributed by atoms with van der Waals surface area (Å²) in [7, 11) is 0. The molecule has 0 aliphatic carbocycles. The van der Waals surface area contributed by atoms with Gasteiger partial charge in [0.1, 0.15) is 11.6 Å². The summed E-state index contributed by atoms with van der Waals surface area (Å²) in [5.74, 6) is -1.92. The van der Waals surface area contributed by atoms with Gasteiger partial charge < -0.3 is 15.1 Å². The van der Waals surface area contributed by atoms with Crippen molar-refractivity contribution in [2.75, 3.05) is 32.7 Å². The van der Waals surface area contributed by atoms with Crippen molar-refractivity contribution in [2.24, 2.45) is 5.92 Å². The van der Waals surface area contributed by atoms with Crippen molar-refractivity contribution in [2.45, 2.75) is 33.1 Å². The minimum Gasteiger partial charge on any atom is -0.351 e. The van der Waals surface area contributed by atoms with Crippen LogP contribution >= 0.6 is 0 Å². The van der Waals surface area contributed by atoms with E-state index in [0.717, 1.165) is 18.6 Å². The Bertz CT molecular complexity index is 717. The Labute approximate surface area is 163 Å². The molecule has 6 nitrogen and oxygen atoms in total. The van der Waals surface area contributed by atoms with Crippen molar-refractivity contribution >= 4 is 17.7 Å². The van der Waals surface area contributed by atoms with Crippen LogP contribution in [0.15, 0.2) is 18.2 Å². The topological polar surface area (TPSA) is 69.7 Å². The average molecular weight is 395 g/mol. The van der Waals surface area contributed by atoms with Gasteiger partial charge in [-0.25, -0.2) is 8.78 Å². The van der Waals surface area contributed by atoms with Crippen LogP contribution in [0, 0.1) is 17.6 Å². The summed E-state index contributed by atoms with van der Waals surface area (Å²) in [6.45, 7) is 6.16. The highest BCUT2D eigenvalue weighted by molar-refractivity contribution is 5.94. The lowest BCUT2D eigenvalue weighted by Crippen LogP contribution is -2.51. The summed E-state index contributed by atoms with van der Waals surface area (Å²) < 4.78 is 26.5. The van der Waals surface area contributed by atoms with E-state index < -0.39 is 17.5 Å². The Kier molecular flexibility index (Phi) is 7.90. The number of carbonyl (C=O) groups excluding carboxylic acids is 3. The number of benzene rings is 1. The van der Waals surface area contributed by atoms with Gasteiger partial charge in [0.2, 0.25) is 11.8 Å². The maximum atomic E-state index is 13.6. The van der Waals surface area contributed by atoms with Crippen LogP contribution in [0.25, 0.3) is 0 Å². The highest BCUT2D eigenvalue weighted by atomic mass is 19.1. The van der Waals surface area contributed by atoms with E-state index in [1.54, 1.807) is 9.80 Å². The summed E-state index contributed by atoms with van der Waals surface area (Å²) in [4.78, 5) is 39.8. The molecule has 3 amide bonds. The summed E-state index contributed by atoms with van der Waals surface area (Å²) in [6, 6.07) is 2.71. The van der Waals surface area contributed by atoms with E-state index in [9.17, 15) is 23.2 Å². The molecule has 1 fully saturated rings. The molecule has 1 aliphatic rings. The van der Waals surface area contributed by atoms with Gasteiger partial charge in [0.15, 0.2) is 0 Å². The Hall–Kier alpha value is -2.51. The number of hydrogen-bond donors (Lipinski definition) is 1. The molecule has 1 heterocycles. The lowest BCUT2D eigenvalue weighted by molar-refractivity contribution is -0.139. The first-order chi connectivity index (χ1) is 13.3. The second-order valence-electron chi connectivity index (χ2n) is 7.32. The van der Waals surface area contributed by atoms with Crippen LogP contribution in [-0.2, 0) is 9.59 Å². The second-order valence-corrected chi connectivity index (χ2v) is 7.32. The van der Waals surface area contributed by atoms with Crippen LogP contribution in [0.4, 0.5) is 8.78 Å². The highest BCUT2D eigenvalue weighted by Gasteiger charge is 2.24. The number of amides is 3. The summed E-state index contributed by atoms with van der Waals surface area (Å²) in [6.07, 6.45) is 1.46. The third kappa shape index (κ3) is 6.28. The van der Waals surface area contributed by atoms with Gasteiger partial charge in [0, 0.05) is 51.6 Å². The quantitative estimate of drug-likeness (QED) is 0.770. The second kappa shape index (κ2) is 10.1. The molecule has 154 valence electrons. The zero-order valence-corrected chi connectivity index (χ0v) is 16.3. The average Bonchev–Trinajstić information content (AvgIpc) is 2.66. The Morgan fingerprint density at radius 2 is 1.57 bits per heavy atom. The number of hydrogen-bond acceptors (Lipinski definition) is 3. The molecule has 1 aromatic carbocycles. The molecule has 28 heavy (non-hydrogen) atoms. The van der Waals surface area contributed by atoms with Crippen LogP contribution in [0.1, 0.15) is 43.5 Å². The molecule has 0 radical (unpaired) electrons. The largest absolute Gasteiger partial charge is 0.351 e. The Morgan fingerprint density at radius 1 is 1.00 bits per heavy atom. The van der Waals surface area contributed by atoms with Crippen LogP contribution in [0.2, 0.25) is 0 Å². The van der Waals surface area contributed by atoms with Gasteiger partial charge in [0.25, 0.3) is 5.91 Å². The van der Waals surface area contributed by atoms with Gasteiger partial charge in [0.05, 0.1) is 5.56 Å². The third-order valence-electron chi connectivity index (χ3n) is 4.72. The summed E-state index contributed by atoms with van der Waals surface area (Å²) >= 11 is 0. The molecule has 0 saturated carbocycles. The monoisotopic (exact) mass is 395 g/mol. The molecule has 1 saturated heterocycles. The Balaban J connectivity index is 1.71. The lowest BCUT2D eigenvalue weighted by Gasteiger charge is -2.35. The smallest absolute Gasteiger partial charge is 0.254 e. The normalized spacial score (nSPS) is 14.3. The van der Waals surface area contributed by atoms with E-state index in [-0.39, 0.29) is 30.3 Å². The molecule has 8 heteroatoms. The minimum absolute atomic E-state index is 0.0576. The maximum absolute atomic E-state index is 13.6. The summed E-state index contributed by atoms with van der Waals surface area (Å²) in [5.41, 5.74) is -0.262. The van der Waals surface area contributed by atoms with Crippen LogP contribution in [-0.4, -0.2) is 60.2 Å². The van der Waals surface area contributed by atoms with E-state index >= 15 is 0 Å². The van der Waals surface area contributed by atoms with Crippen LogP contribution < -0.4 is 5.32 Å². The molecule has 0 atom stereocenters. The first kappa shape index (κ1) is 21.8. The van der Waals surface area contributed by atoms with Gasteiger partial charge in [-0.1, -0.05) is 13.8 Å². The molecular weight excluding hydrogens is 368 g/mol. The number of halogens is 2. The van der Waals surface area contributed by atoms with E-state index in [2.05, 4.69) is 19.2 Å². The number of carbonyl (C=O) groups is 3.